The number of rotatable bonds is 4. The van der Waals surface area contributed by atoms with Gasteiger partial charge in [-0.1, -0.05) is 35.0 Å². The van der Waals surface area contributed by atoms with E-state index in [2.05, 4.69) is 71.3 Å². The zero-order chi connectivity index (χ0) is 13.8. The summed E-state index contributed by atoms with van der Waals surface area (Å²) in [6, 6.07) is 8.76. The van der Waals surface area contributed by atoms with E-state index in [-0.39, 0.29) is 6.04 Å². The van der Waals surface area contributed by atoms with Gasteiger partial charge >= 0.3 is 0 Å². The fourth-order valence-electron chi connectivity index (χ4n) is 2.24. The molecule has 2 nitrogen and oxygen atoms in total. The quantitative estimate of drug-likeness (QED) is 0.915. The fraction of sp³-hybridized carbons (Fsp3) is 0.312. The summed E-state index contributed by atoms with van der Waals surface area (Å²) in [5, 5.41) is 3.55. The molecule has 0 aliphatic heterocycles. The Morgan fingerprint density at radius 1 is 1.21 bits per heavy atom. The minimum absolute atomic E-state index is 0.200. The average molecular weight is 319 g/mol. The number of nitrogens with one attached hydrogen (secondary N) is 1. The second-order valence-corrected chi connectivity index (χ2v) is 5.59. The van der Waals surface area contributed by atoms with Crippen LogP contribution in [0.4, 0.5) is 0 Å². The van der Waals surface area contributed by atoms with Crippen LogP contribution in [-0.4, -0.2) is 11.5 Å². The van der Waals surface area contributed by atoms with E-state index < -0.39 is 0 Å². The van der Waals surface area contributed by atoms with Crippen molar-refractivity contribution in [1.82, 2.24) is 10.3 Å². The van der Waals surface area contributed by atoms with Gasteiger partial charge in [-0.15, -0.1) is 0 Å². The van der Waals surface area contributed by atoms with Crippen LogP contribution in [0.5, 0.6) is 0 Å². The summed E-state index contributed by atoms with van der Waals surface area (Å²) in [6.07, 6.45) is 3.80. The van der Waals surface area contributed by atoms with Crippen LogP contribution < -0.4 is 5.32 Å². The van der Waals surface area contributed by atoms with Gasteiger partial charge in [0.1, 0.15) is 0 Å². The van der Waals surface area contributed by atoms with Crippen molar-refractivity contribution in [2.45, 2.75) is 26.8 Å². The molecule has 0 amide bonds. The third-order valence-electron chi connectivity index (χ3n) is 3.31. The summed E-state index contributed by atoms with van der Waals surface area (Å²) in [5.41, 5.74) is 5.04. The lowest BCUT2D eigenvalue weighted by molar-refractivity contribution is 0.625. The number of aryl methyl sites for hydroxylation is 2. The van der Waals surface area contributed by atoms with Gasteiger partial charge < -0.3 is 5.32 Å². The van der Waals surface area contributed by atoms with Gasteiger partial charge in [-0.25, -0.2) is 0 Å². The number of benzene rings is 1. The Balaban J connectivity index is 2.45. The number of aromatic nitrogens is 1. The van der Waals surface area contributed by atoms with Crippen molar-refractivity contribution >= 4 is 15.9 Å². The molecule has 2 rings (SSSR count). The Kier molecular flexibility index (Phi) is 4.72. The van der Waals surface area contributed by atoms with Gasteiger partial charge in [0.15, 0.2) is 0 Å². The molecule has 1 unspecified atom stereocenters. The molecule has 0 aliphatic rings. The third kappa shape index (κ3) is 3.23. The minimum Gasteiger partial charge on any atom is -0.306 e. The van der Waals surface area contributed by atoms with E-state index in [1.165, 1.54) is 22.3 Å². The molecule has 2 aromatic rings. The Morgan fingerprint density at radius 3 is 2.63 bits per heavy atom. The summed E-state index contributed by atoms with van der Waals surface area (Å²) >= 11 is 3.56. The van der Waals surface area contributed by atoms with E-state index in [1.54, 1.807) is 0 Å². The molecule has 0 saturated heterocycles. The molecule has 1 N–H and O–H groups in total. The number of pyridine rings is 1. The van der Waals surface area contributed by atoms with E-state index in [0.717, 1.165) is 11.0 Å². The molecule has 1 heterocycles. The third-order valence-corrected chi connectivity index (χ3v) is 4.20. The molecule has 0 spiro atoms. The Hall–Kier alpha value is -1.19. The smallest absolute Gasteiger partial charge is 0.0594 e. The summed E-state index contributed by atoms with van der Waals surface area (Å²) in [4.78, 5) is 4.26. The van der Waals surface area contributed by atoms with Crippen LogP contribution in [0.3, 0.4) is 0 Å². The van der Waals surface area contributed by atoms with Gasteiger partial charge in [-0.05, 0) is 54.8 Å². The maximum atomic E-state index is 4.26. The molecular weight excluding hydrogens is 300 g/mol. The van der Waals surface area contributed by atoms with Crippen molar-refractivity contribution in [2.75, 3.05) is 6.54 Å². The van der Waals surface area contributed by atoms with Crippen molar-refractivity contribution in [3.05, 3.63) is 63.4 Å². The Labute approximate surface area is 123 Å². The van der Waals surface area contributed by atoms with Crippen molar-refractivity contribution in [3.8, 4) is 0 Å². The van der Waals surface area contributed by atoms with Crippen molar-refractivity contribution in [3.63, 3.8) is 0 Å². The van der Waals surface area contributed by atoms with Gasteiger partial charge in [-0.3, -0.25) is 4.98 Å². The monoisotopic (exact) mass is 318 g/mol. The predicted octanol–water partition coefficient (Wildman–Crippen LogP) is 4.16. The molecule has 0 bridgehead atoms. The van der Waals surface area contributed by atoms with Crippen LogP contribution in [0, 0.1) is 13.8 Å². The van der Waals surface area contributed by atoms with E-state index in [0.29, 0.717) is 0 Å². The highest BCUT2D eigenvalue weighted by Gasteiger charge is 2.15. The SMILES string of the molecule is CCNC(c1ccc(Br)c(C)c1)c1cnccc1C. The summed E-state index contributed by atoms with van der Waals surface area (Å²) in [6.45, 7) is 7.30. The Morgan fingerprint density at radius 2 is 2.00 bits per heavy atom. The molecule has 100 valence electrons. The predicted molar refractivity (Wildman–Crippen MR) is 83.4 cm³/mol. The normalized spacial score (nSPS) is 12.4. The highest BCUT2D eigenvalue weighted by atomic mass is 79.9. The van der Waals surface area contributed by atoms with Gasteiger partial charge in [0.2, 0.25) is 0 Å². The van der Waals surface area contributed by atoms with Gasteiger partial charge in [0.05, 0.1) is 6.04 Å². The standard InChI is InChI=1S/C16H19BrN2/c1-4-19-16(14-10-18-8-7-11(14)2)13-5-6-15(17)12(3)9-13/h5-10,16,19H,4H2,1-3H3. The first-order chi connectivity index (χ1) is 9.13. The first-order valence-electron chi connectivity index (χ1n) is 6.53. The first-order valence-corrected chi connectivity index (χ1v) is 7.32. The maximum Gasteiger partial charge on any atom is 0.0594 e. The molecule has 1 aromatic heterocycles. The lowest BCUT2D eigenvalue weighted by atomic mass is 9.95. The van der Waals surface area contributed by atoms with Crippen LogP contribution in [0.15, 0.2) is 41.1 Å². The summed E-state index contributed by atoms with van der Waals surface area (Å²) in [7, 11) is 0. The minimum atomic E-state index is 0.200. The van der Waals surface area contributed by atoms with Gasteiger partial charge in [0, 0.05) is 16.9 Å². The molecule has 0 fully saturated rings. The fourth-order valence-corrected chi connectivity index (χ4v) is 2.48. The maximum absolute atomic E-state index is 4.26. The highest BCUT2D eigenvalue weighted by molar-refractivity contribution is 9.10. The zero-order valence-electron chi connectivity index (χ0n) is 11.6. The average Bonchev–Trinajstić information content (AvgIpc) is 2.40. The molecule has 0 aliphatic carbocycles. The molecular formula is C16H19BrN2. The number of halogens is 1. The topological polar surface area (TPSA) is 24.9 Å². The van der Waals surface area contributed by atoms with E-state index in [9.17, 15) is 0 Å². The van der Waals surface area contributed by atoms with Crippen molar-refractivity contribution in [2.24, 2.45) is 0 Å². The molecule has 19 heavy (non-hydrogen) atoms. The Bertz CT molecular complexity index is 566. The van der Waals surface area contributed by atoms with Gasteiger partial charge in [0.25, 0.3) is 0 Å². The number of hydrogen-bond donors (Lipinski definition) is 1. The first kappa shape index (κ1) is 14.2. The van der Waals surface area contributed by atoms with Crippen molar-refractivity contribution in [1.29, 1.82) is 0 Å². The second-order valence-electron chi connectivity index (χ2n) is 4.73. The van der Waals surface area contributed by atoms with Gasteiger partial charge in [-0.2, -0.15) is 0 Å². The molecule has 0 radical (unpaired) electrons. The van der Waals surface area contributed by atoms with E-state index >= 15 is 0 Å². The van der Waals surface area contributed by atoms with Crippen molar-refractivity contribution < 1.29 is 0 Å². The summed E-state index contributed by atoms with van der Waals surface area (Å²) in [5.74, 6) is 0. The molecule has 0 saturated carbocycles. The lowest BCUT2D eigenvalue weighted by Crippen LogP contribution is -2.23. The highest BCUT2D eigenvalue weighted by Crippen LogP contribution is 2.27. The number of hydrogen-bond acceptors (Lipinski definition) is 2. The van der Waals surface area contributed by atoms with Crippen LogP contribution in [0.1, 0.15) is 35.2 Å². The van der Waals surface area contributed by atoms with Crippen LogP contribution in [0.25, 0.3) is 0 Å². The van der Waals surface area contributed by atoms with Crippen LogP contribution in [0.2, 0.25) is 0 Å². The largest absolute Gasteiger partial charge is 0.306 e. The van der Waals surface area contributed by atoms with Crippen LogP contribution >= 0.6 is 15.9 Å². The van der Waals surface area contributed by atoms with E-state index in [4.69, 9.17) is 0 Å². The molecule has 3 heteroatoms. The zero-order valence-corrected chi connectivity index (χ0v) is 13.2. The molecule has 1 aromatic carbocycles. The summed E-state index contributed by atoms with van der Waals surface area (Å²) < 4.78 is 1.15. The second kappa shape index (κ2) is 6.31. The van der Waals surface area contributed by atoms with Crippen LogP contribution in [-0.2, 0) is 0 Å². The molecule has 1 atom stereocenters. The van der Waals surface area contributed by atoms with E-state index in [1.807, 2.05) is 12.4 Å². The number of nitrogens with zero attached hydrogens (tertiary/aromatic N) is 1. The lowest BCUT2D eigenvalue weighted by Gasteiger charge is -2.21.